The molecule has 1 aromatic rings. The molecule has 1 atom stereocenters. The number of amides is 1. The van der Waals surface area contributed by atoms with E-state index in [4.69, 9.17) is 5.11 Å². The van der Waals surface area contributed by atoms with Crippen molar-refractivity contribution in [3.8, 4) is 0 Å². The second-order valence-corrected chi connectivity index (χ2v) is 5.08. The van der Waals surface area contributed by atoms with Crippen molar-refractivity contribution in [2.24, 2.45) is 0 Å². The van der Waals surface area contributed by atoms with Gasteiger partial charge in [0.1, 0.15) is 6.04 Å². The molecule has 1 heterocycles. The molecular weight excluding hydrogens is 256 g/mol. The van der Waals surface area contributed by atoms with Crippen LogP contribution in [-0.4, -0.2) is 41.5 Å². The highest BCUT2D eigenvalue weighted by atomic mass is 16.4. The van der Waals surface area contributed by atoms with Crippen molar-refractivity contribution in [1.29, 1.82) is 0 Å². The summed E-state index contributed by atoms with van der Waals surface area (Å²) in [6, 6.07) is 7.54. The van der Waals surface area contributed by atoms with E-state index in [0.717, 1.165) is 17.7 Å². The predicted molar refractivity (Wildman–Crippen MR) is 75.4 cm³/mol. The molecule has 0 bridgehead atoms. The first kappa shape index (κ1) is 14.5. The summed E-state index contributed by atoms with van der Waals surface area (Å²) < 4.78 is 0. The molecule has 20 heavy (non-hydrogen) atoms. The molecule has 0 radical (unpaired) electrons. The number of nitrogens with zero attached hydrogens (tertiary/aromatic N) is 1. The molecule has 1 aliphatic heterocycles. The molecule has 2 N–H and O–H groups in total. The van der Waals surface area contributed by atoms with E-state index in [9.17, 15) is 9.59 Å². The molecule has 0 saturated carbocycles. The summed E-state index contributed by atoms with van der Waals surface area (Å²) in [5, 5.41) is 11.6. The number of carboxylic acid groups (broad SMARTS) is 1. The van der Waals surface area contributed by atoms with E-state index in [0.29, 0.717) is 19.5 Å². The molecule has 0 aromatic heterocycles. The molecule has 5 heteroatoms. The van der Waals surface area contributed by atoms with E-state index >= 15 is 0 Å². The van der Waals surface area contributed by atoms with Crippen molar-refractivity contribution >= 4 is 11.9 Å². The zero-order chi connectivity index (χ0) is 14.5. The Balaban J connectivity index is 2.14. The third-order valence-electron chi connectivity index (χ3n) is 3.63. The topological polar surface area (TPSA) is 69.6 Å². The molecule has 0 aliphatic carbocycles. The predicted octanol–water partition coefficient (Wildman–Crippen LogP) is 1.33. The van der Waals surface area contributed by atoms with Crippen LogP contribution in [0.2, 0.25) is 0 Å². The van der Waals surface area contributed by atoms with Gasteiger partial charge in [0.25, 0.3) is 0 Å². The number of aliphatic carboxylic acids is 1. The molecule has 1 aliphatic rings. The average Bonchev–Trinajstić information content (AvgIpc) is 2.40. The highest BCUT2D eigenvalue weighted by molar-refractivity contribution is 5.84. The summed E-state index contributed by atoms with van der Waals surface area (Å²) in [6.07, 6.45) is 0.698. The number of carbonyl (C=O) groups is 2. The fraction of sp³-hybridized carbons (Fsp3) is 0.467. The lowest BCUT2D eigenvalue weighted by molar-refractivity contribution is -0.137. The second kappa shape index (κ2) is 6.52. The number of hydrogen-bond acceptors (Lipinski definition) is 3. The highest BCUT2D eigenvalue weighted by Crippen LogP contribution is 2.26. The Morgan fingerprint density at radius 2 is 2.20 bits per heavy atom. The summed E-state index contributed by atoms with van der Waals surface area (Å²) >= 11 is 0. The van der Waals surface area contributed by atoms with Crippen LogP contribution in [-0.2, 0) is 9.59 Å². The smallest absolute Gasteiger partial charge is 0.303 e. The van der Waals surface area contributed by atoms with E-state index in [-0.39, 0.29) is 18.4 Å². The first-order valence-electron chi connectivity index (χ1n) is 6.88. The van der Waals surface area contributed by atoms with Gasteiger partial charge in [0, 0.05) is 19.5 Å². The maximum Gasteiger partial charge on any atom is 0.303 e. The lowest BCUT2D eigenvalue weighted by Crippen LogP contribution is -2.50. The summed E-state index contributed by atoms with van der Waals surface area (Å²) in [6.45, 7) is 3.99. The lowest BCUT2D eigenvalue weighted by atomic mass is 9.97. The van der Waals surface area contributed by atoms with Gasteiger partial charge < -0.3 is 10.4 Å². The third kappa shape index (κ3) is 3.36. The minimum atomic E-state index is -0.793. The maximum absolute atomic E-state index is 12.2. The zero-order valence-electron chi connectivity index (χ0n) is 11.6. The van der Waals surface area contributed by atoms with E-state index in [1.165, 1.54) is 0 Å². The first-order chi connectivity index (χ1) is 9.59. The SMILES string of the molecule is Cc1ccccc1C1C(=O)NCCN1CCCC(=O)O. The van der Waals surface area contributed by atoms with Crippen molar-refractivity contribution in [3.63, 3.8) is 0 Å². The Labute approximate surface area is 118 Å². The van der Waals surface area contributed by atoms with Crippen molar-refractivity contribution in [2.75, 3.05) is 19.6 Å². The van der Waals surface area contributed by atoms with E-state index in [2.05, 4.69) is 10.2 Å². The molecule has 1 unspecified atom stereocenters. The van der Waals surface area contributed by atoms with Gasteiger partial charge in [-0.1, -0.05) is 24.3 Å². The molecule has 108 valence electrons. The Morgan fingerprint density at radius 1 is 1.45 bits per heavy atom. The van der Waals surface area contributed by atoms with Crippen LogP contribution in [0.15, 0.2) is 24.3 Å². The normalized spacial score (nSPS) is 19.6. The molecule has 1 amide bonds. The minimum absolute atomic E-state index is 0.000810. The van der Waals surface area contributed by atoms with Gasteiger partial charge in [0.05, 0.1) is 0 Å². The molecule has 2 rings (SSSR count). The van der Waals surface area contributed by atoms with Gasteiger partial charge in [-0.15, -0.1) is 0 Å². The number of carbonyl (C=O) groups excluding carboxylic acids is 1. The Hall–Kier alpha value is -1.88. The van der Waals surface area contributed by atoms with Gasteiger partial charge in [-0.3, -0.25) is 14.5 Å². The van der Waals surface area contributed by atoms with Crippen molar-refractivity contribution in [2.45, 2.75) is 25.8 Å². The van der Waals surface area contributed by atoms with Crippen LogP contribution < -0.4 is 5.32 Å². The van der Waals surface area contributed by atoms with Gasteiger partial charge in [-0.2, -0.15) is 0 Å². The summed E-state index contributed by atoms with van der Waals surface area (Å²) in [7, 11) is 0. The van der Waals surface area contributed by atoms with Gasteiger partial charge >= 0.3 is 5.97 Å². The number of piperazine rings is 1. The first-order valence-corrected chi connectivity index (χ1v) is 6.88. The van der Waals surface area contributed by atoms with Crippen LogP contribution in [0.3, 0.4) is 0 Å². The fourth-order valence-corrected chi connectivity index (χ4v) is 2.62. The average molecular weight is 276 g/mol. The number of aryl methyl sites for hydroxylation is 1. The van der Waals surface area contributed by atoms with Gasteiger partial charge in [-0.05, 0) is 31.0 Å². The van der Waals surface area contributed by atoms with Crippen LogP contribution in [0.1, 0.15) is 30.0 Å². The Bertz CT molecular complexity index is 502. The van der Waals surface area contributed by atoms with Crippen molar-refractivity contribution in [1.82, 2.24) is 10.2 Å². The maximum atomic E-state index is 12.2. The quantitative estimate of drug-likeness (QED) is 0.851. The zero-order valence-corrected chi connectivity index (χ0v) is 11.6. The standard InChI is InChI=1S/C15H20N2O3/c1-11-5-2-3-6-12(11)14-15(20)16-8-10-17(14)9-4-7-13(18)19/h2-3,5-6,14H,4,7-10H2,1H3,(H,16,20)(H,18,19). The Kier molecular flexibility index (Phi) is 4.74. The van der Waals surface area contributed by atoms with E-state index in [1.54, 1.807) is 0 Å². The lowest BCUT2D eigenvalue weighted by Gasteiger charge is -2.35. The summed E-state index contributed by atoms with van der Waals surface area (Å²) in [5.41, 5.74) is 2.08. The van der Waals surface area contributed by atoms with E-state index in [1.807, 2.05) is 31.2 Å². The van der Waals surface area contributed by atoms with Crippen LogP contribution in [0.25, 0.3) is 0 Å². The molecule has 1 aromatic carbocycles. The van der Waals surface area contributed by atoms with Crippen molar-refractivity contribution < 1.29 is 14.7 Å². The third-order valence-corrected chi connectivity index (χ3v) is 3.63. The molecular formula is C15H20N2O3. The van der Waals surface area contributed by atoms with Crippen LogP contribution in [0.4, 0.5) is 0 Å². The van der Waals surface area contributed by atoms with Gasteiger partial charge in [-0.25, -0.2) is 0 Å². The van der Waals surface area contributed by atoms with Crippen LogP contribution >= 0.6 is 0 Å². The minimum Gasteiger partial charge on any atom is -0.481 e. The van der Waals surface area contributed by atoms with Crippen LogP contribution in [0, 0.1) is 6.92 Å². The fourth-order valence-electron chi connectivity index (χ4n) is 2.62. The number of nitrogens with one attached hydrogen (secondary N) is 1. The van der Waals surface area contributed by atoms with Crippen molar-refractivity contribution in [3.05, 3.63) is 35.4 Å². The van der Waals surface area contributed by atoms with Gasteiger partial charge in [0.15, 0.2) is 0 Å². The number of carboxylic acids is 1. The largest absolute Gasteiger partial charge is 0.481 e. The molecule has 1 saturated heterocycles. The van der Waals surface area contributed by atoms with E-state index < -0.39 is 5.97 Å². The number of benzene rings is 1. The van der Waals surface area contributed by atoms with Gasteiger partial charge in [0.2, 0.25) is 5.91 Å². The summed E-state index contributed by atoms with van der Waals surface area (Å²) in [5.74, 6) is -0.792. The second-order valence-electron chi connectivity index (χ2n) is 5.08. The molecule has 0 spiro atoms. The highest BCUT2D eigenvalue weighted by Gasteiger charge is 2.31. The molecule has 1 fully saturated rings. The summed E-state index contributed by atoms with van der Waals surface area (Å²) in [4.78, 5) is 24.9. The Morgan fingerprint density at radius 3 is 2.90 bits per heavy atom. The number of rotatable bonds is 5. The van der Waals surface area contributed by atoms with Crippen LogP contribution in [0.5, 0.6) is 0 Å². The molecule has 5 nitrogen and oxygen atoms in total. The number of hydrogen-bond donors (Lipinski definition) is 2. The monoisotopic (exact) mass is 276 g/mol.